The standard InChI is InChI=1S/C23H19N5OS/c1-13-9-15-7-8-25-19(21(15)30-13)6-5-16-11-27-22(24-2)18-12-26-20(10-17(16)18)28-23(29)14-3-4-14/h7-12,14H,3-4H2,1-2H3,(H,24,27)(H,26,28,29). The highest BCUT2D eigenvalue weighted by Gasteiger charge is 2.29. The molecule has 0 unspecified atom stereocenters. The van der Waals surface area contributed by atoms with Crippen LogP contribution in [0.5, 0.6) is 0 Å². The van der Waals surface area contributed by atoms with E-state index in [4.69, 9.17) is 0 Å². The first kappa shape index (κ1) is 18.5. The number of thiophene rings is 1. The number of amides is 1. The lowest BCUT2D eigenvalue weighted by Gasteiger charge is -2.09. The zero-order chi connectivity index (χ0) is 20.7. The van der Waals surface area contributed by atoms with Crippen LogP contribution < -0.4 is 10.6 Å². The lowest BCUT2D eigenvalue weighted by molar-refractivity contribution is -0.117. The number of nitrogens with one attached hydrogen (secondary N) is 2. The molecule has 6 nitrogen and oxygen atoms in total. The number of fused-ring (bicyclic) bond motifs is 2. The zero-order valence-electron chi connectivity index (χ0n) is 16.6. The lowest BCUT2D eigenvalue weighted by Crippen LogP contribution is -2.14. The van der Waals surface area contributed by atoms with Gasteiger partial charge in [-0.3, -0.25) is 4.79 Å². The van der Waals surface area contributed by atoms with Gasteiger partial charge < -0.3 is 10.6 Å². The van der Waals surface area contributed by atoms with Crippen molar-refractivity contribution in [3.05, 3.63) is 52.9 Å². The average molecular weight is 414 g/mol. The Morgan fingerprint density at radius 3 is 2.80 bits per heavy atom. The molecule has 0 aromatic carbocycles. The number of hydrogen-bond acceptors (Lipinski definition) is 6. The van der Waals surface area contributed by atoms with Gasteiger partial charge in [-0.15, -0.1) is 11.3 Å². The molecular formula is C23H19N5OS. The summed E-state index contributed by atoms with van der Waals surface area (Å²) in [6.07, 6.45) is 7.15. The number of pyridine rings is 3. The van der Waals surface area contributed by atoms with Crippen LogP contribution >= 0.6 is 11.3 Å². The van der Waals surface area contributed by atoms with Crippen LogP contribution in [0.2, 0.25) is 0 Å². The van der Waals surface area contributed by atoms with Gasteiger partial charge >= 0.3 is 0 Å². The van der Waals surface area contributed by atoms with Crippen molar-refractivity contribution in [1.29, 1.82) is 0 Å². The minimum atomic E-state index is 0.0290. The van der Waals surface area contributed by atoms with Crippen molar-refractivity contribution in [3.63, 3.8) is 0 Å². The third kappa shape index (κ3) is 3.46. The van der Waals surface area contributed by atoms with E-state index in [-0.39, 0.29) is 11.8 Å². The van der Waals surface area contributed by atoms with Crippen LogP contribution in [-0.2, 0) is 4.79 Å². The fourth-order valence-electron chi connectivity index (χ4n) is 3.39. The van der Waals surface area contributed by atoms with Crippen molar-refractivity contribution in [3.8, 4) is 11.8 Å². The summed E-state index contributed by atoms with van der Waals surface area (Å²) in [5.74, 6) is 7.85. The van der Waals surface area contributed by atoms with Gasteiger partial charge in [-0.1, -0.05) is 5.92 Å². The van der Waals surface area contributed by atoms with Gasteiger partial charge in [-0.05, 0) is 49.3 Å². The van der Waals surface area contributed by atoms with E-state index in [1.165, 1.54) is 4.88 Å². The van der Waals surface area contributed by atoms with Gasteiger partial charge in [0.25, 0.3) is 0 Å². The van der Waals surface area contributed by atoms with Crippen LogP contribution in [0.15, 0.2) is 36.8 Å². The van der Waals surface area contributed by atoms with Gasteiger partial charge in [-0.2, -0.15) is 0 Å². The van der Waals surface area contributed by atoms with Crippen molar-refractivity contribution >= 4 is 49.7 Å². The zero-order valence-corrected chi connectivity index (χ0v) is 17.4. The van der Waals surface area contributed by atoms with Crippen LogP contribution in [0.4, 0.5) is 11.6 Å². The van der Waals surface area contributed by atoms with E-state index in [9.17, 15) is 4.79 Å². The number of nitrogens with zero attached hydrogens (tertiary/aromatic N) is 3. The van der Waals surface area contributed by atoms with Crippen molar-refractivity contribution < 1.29 is 4.79 Å². The maximum Gasteiger partial charge on any atom is 0.228 e. The predicted molar refractivity (Wildman–Crippen MR) is 121 cm³/mol. The number of aryl methyl sites for hydroxylation is 1. The Bertz CT molecular complexity index is 1360. The third-order valence-corrected chi connectivity index (χ3v) is 6.15. The summed E-state index contributed by atoms with van der Waals surface area (Å²) >= 11 is 1.69. The molecule has 1 aliphatic rings. The minimum Gasteiger partial charge on any atom is -0.373 e. The molecule has 1 amide bonds. The maximum absolute atomic E-state index is 12.1. The van der Waals surface area contributed by atoms with Crippen LogP contribution in [0.25, 0.3) is 20.9 Å². The highest BCUT2D eigenvalue weighted by atomic mass is 32.1. The fraction of sp³-hybridized carbons (Fsp3) is 0.217. The van der Waals surface area contributed by atoms with Crippen LogP contribution in [0.3, 0.4) is 0 Å². The SMILES string of the molecule is CNc1ncc(C#Cc2nccc3cc(C)sc23)c2cc(NC(=O)C3CC3)ncc12. The molecule has 0 saturated heterocycles. The molecule has 4 aromatic heterocycles. The average Bonchev–Trinajstić information content (AvgIpc) is 3.53. The Morgan fingerprint density at radius 2 is 2.00 bits per heavy atom. The summed E-state index contributed by atoms with van der Waals surface area (Å²) in [6, 6.07) is 6.01. The molecule has 30 heavy (non-hydrogen) atoms. The van der Waals surface area contributed by atoms with Crippen LogP contribution in [0.1, 0.15) is 29.0 Å². The monoisotopic (exact) mass is 413 g/mol. The number of aromatic nitrogens is 3. The summed E-state index contributed by atoms with van der Waals surface area (Å²) in [7, 11) is 1.82. The second-order valence-corrected chi connectivity index (χ2v) is 8.59. The molecule has 7 heteroatoms. The third-order valence-electron chi connectivity index (χ3n) is 5.08. The summed E-state index contributed by atoms with van der Waals surface area (Å²) < 4.78 is 1.09. The molecule has 0 spiro atoms. The number of rotatable bonds is 3. The Kier molecular flexibility index (Phi) is 4.57. The summed E-state index contributed by atoms with van der Waals surface area (Å²) in [5, 5.41) is 8.89. The highest BCUT2D eigenvalue weighted by molar-refractivity contribution is 7.19. The van der Waals surface area contributed by atoms with Gasteiger partial charge in [0, 0.05) is 47.2 Å². The predicted octanol–water partition coefficient (Wildman–Crippen LogP) is 4.34. The fourth-order valence-corrected chi connectivity index (χ4v) is 4.34. The highest BCUT2D eigenvalue weighted by Crippen LogP contribution is 2.31. The van der Waals surface area contributed by atoms with E-state index in [0.29, 0.717) is 5.82 Å². The quantitative estimate of drug-likeness (QED) is 0.489. The van der Waals surface area contributed by atoms with Crippen molar-refractivity contribution in [1.82, 2.24) is 15.0 Å². The molecule has 5 rings (SSSR count). The lowest BCUT2D eigenvalue weighted by atomic mass is 10.1. The molecule has 1 aliphatic carbocycles. The van der Waals surface area contributed by atoms with Crippen molar-refractivity contribution in [2.45, 2.75) is 19.8 Å². The summed E-state index contributed by atoms with van der Waals surface area (Å²) in [5.41, 5.74) is 1.52. The molecule has 1 saturated carbocycles. The largest absolute Gasteiger partial charge is 0.373 e. The van der Waals surface area contributed by atoms with Crippen molar-refractivity contribution in [2.75, 3.05) is 17.7 Å². The Hall–Kier alpha value is -3.50. The normalized spacial score (nSPS) is 13.1. The van der Waals surface area contributed by atoms with Gasteiger partial charge in [0.05, 0.1) is 10.3 Å². The van der Waals surface area contributed by atoms with Crippen molar-refractivity contribution in [2.24, 2.45) is 5.92 Å². The summed E-state index contributed by atoms with van der Waals surface area (Å²) in [6.45, 7) is 2.08. The first-order valence-corrected chi connectivity index (χ1v) is 10.6. The number of hydrogen-bond donors (Lipinski definition) is 2. The molecule has 148 valence electrons. The van der Waals surface area contributed by atoms with E-state index >= 15 is 0 Å². The van der Waals surface area contributed by atoms with Gasteiger partial charge in [0.2, 0.25) is 5.91 Å². The molecule has 0 atom stereocenters. The van der Waals surface area contributed by atoms with E-state index in [1.54, 1.807) is 29.9 Å². The van der Waals surface area contributed by atoms with E-state index in [1.807, 2.05) is 19.2 Å². The molecule has 4 aromatic rings. The van der Waals surface area contributed by atoms with E-state index in [0.717, 1.165) is 50.8 Å². The van der Waals surface area contributed by atoms with Crippen LogP contribution in [-0.4, -0.2) is 27.9 Å². The minimum absolute atomic E-state index is 0.0290. The van der Waals surface area contributed by atoms with E-state index in [2.05, 4.69) is 50.4 Å². The number of anilines is 2. The van der Waals surface area contributed by atoms with Gasteiger partial charge in [-0.25, -0.2) is 15.0 Å². The number of carbonyl (C=O) groups is 1. The molecule has 1 fully saturated rings. The molecule has 0 bridgehead atoms. The van der Waals surface area contributed by atoms with E-state index < -0.39 is 0 Å². The van der Waals surface area contributed by atoms with Crippen LogP contribution in [0, 0.1) is 24.7 Å². The van der Waals surface area contributed by atoms with Gasteiger partial charge in [0.15, 0.2) is 0 Å². The Morgan fingerprint density at radius 1 is 1.13 bits per heavy atom. The molecule has 4 heterocycles. The topological polar surface area (TPSA) is 79.8 Å². The second kappa shape index (κ2) is 7.39. The van der Waals surface area contributed by atoms with Gasteiger partial charge in [0.1, 0.15) is 17.3 Å². The first-order valence-electron chi connectivity index (χ1n) is 9.77. The number of carbonyl (C=O) groups excluding carboxylic acids is 1. The molecule has 0 aliphatic heterocycles. The maximum atomic E-state index is 12.1. The summed E-state index contributed by atoms with van der Waals surface area (Å²) in [4.78, 5) is 26.7. The second-order valence-electron chi connectivity index (χ2n) is 7.33. The smallest absolute Gasteiger partial charge is 0.228 e. The Labute approximate surface area is 177 Å². The Balaban J connectivity index is 1.59. The molecule has 2 N–H and O–H groups in total. The first-order chi connectivity index (χ1) is 14.6. The molecular weight excluding hydrogens is 394 g/mol. The molecule has 0 radical (unpaired) electrons.